The average Bonchev–Trinajstić information content (AvgIpc) is 2.80. The van der Waals surface area contributed by atoms with Crippen molar-refractivity contribution >= 4 is 0 Å². The van der Waals surface area contributed by atoms with Crippen molar-refractivity contribution in [2.45, 2.75) is 57.2 Å². The van der Waals surface area contributed by atoms with E-state index in [1.807, 2.05) is 6.07 Å². The van der Waals surface area contributed by atoms with E-state index in [0.717, 1.165) is 17.5 Å². The van der Waals surface area contributed by atoms with Crippen molar-refractivity contribution in [2.24, 2.45) is 23.2 Å². The molecule has 0 radical (unpaired) electrons. The van der Waals surface area contributed by atoms with Crippen LogP contribution in [0.3, 0.4) is 0 Å². The molecule has 0 aliphatic heterocycles. The van der Waals surface area contributed by atoms with Crippen LogP contribution in [0.15, 0.2) is 18.2 Å². The quantitative estimate of drug-likeness (QED) is 0.826. The molecule has 24 heavy (non-hydrogen) atoms. The first kappa shape index (κ1) is 15.9. The Bertz CT molecular complexity index is 699. The van der Waals surface area contributed by atoms with Crippen LogP contribution < -0.4 is 0 Å². The SMILES string of the molecule is C[C@@]12C[C@@H](O)C[C@H]1[C@@H]1[C@@H](CC#N)Cc3cc(O)ccc3[C@H]1[C@@H](F)C2. The summed E-state index contributed by atoms with van der Waals surface area (Å²) in [4.78, 5) is 0. The summed E-state index contributed by atoms with van der Waals surface area (Å²) in [6, 6.07) is 7.53. The summed E-state index contributed by atoms with van der Waals surface area (Å²) in [6.45, 7) is 2.12. The lowest BCUT2D eigenvalue weighted by molar-refractivity contribution is -0.0229. The summed E-state index contributed by atoms with van der Waals surface area (Å²) in [5, 5.41) is 29.3. The first-order chi connectivity index (χ1) is 11.4. The van der Waals surface area contributed by atoms with Crippen LogP contribution in [0, 0.1) is 34.5 Å². The molecule has 0 heterocycles. The van der Waals surface area contributed by atoms with Gasteiger partial charge in [-0.1, -0.05) is 13.0 Å². The number of benzene rings is 1. The number of alkyl halides is 1. The number of fused-ring (bicyclic) bond motifs is 5. The standard InChI is InChI=1S/C20H24FNO2/c1-20-9-14(24)8-16(20)18-11(4-5-22)6-12-7-13(23)2-3-15(12)19(18)17(21)10-20/h2-3,7,11,14,16-19,23-24H,4,6,8-10H2,1H3/t11-,14-,16-,17-,18-,19-,20-/m0/s1. The molecule has 0 unspecified atom stereocenters. The van der Waals surface area contributed by atoms with Crippen LogP contribution in [0.2, 0.25) is 0 Å². The van der Waals surface area contributed by atoms with Gasteiger partial charge >= 0.3 is 0 Å². The molecule has 3 aliphatic rings. The van der Waals surface area contributed by atoms with E-state index in [-0.39, 0.29) is 40.9 Å². The number of aliphatic hydroxyl groups excluding tert-OH is 1. The van der Waals surface area contributed by atoms with Gasteiger partial charge in [0, 0.05) is 12.3 Å². The second kappa shape index (κ2) is 5.46. The van der Waals surface area contributed by atoms with Crippen molar-refractivity contribution in [3.05, 3.63) is 29.3 Å². The van der Waals surface area contributed by atoms with Gasteiger partial charge in [-0.3, -0.25) is 0 Å². The van der Waals surface area contributed by atoms with Gasteiger partial charge in [-0.25, -0.2) is 4.39 Å². The molecule has 128 valence electrons. The van der Waals surface area contributed by atoms with E-state index >= 15 is 4.39 Å². The lowest BCUT2D eigenvalue weighted by Crippen LogP contribution is -2.48. The molecule has 7 atom stereocenters. The van der Waals surface area contributed by atoms with Crippen LogP contribution in [-0.2, 0) is 6.42 Å². The summed E-state index contributed by atoms with van der Waals surface area (Å²) >= 11 is 0. The highest BCUT2D eigenvalue weighted by atomic mass is 19.1. The van der Waals surface area contributed by atoms with E-state index < -0.39 is 6.17 Å². The predicted octanol–water partition coefficient (Wildman–Crippen LogP) is 3.70. The molecule has 1 aromatic carbocycles. The Hall–Kier alpha value is -1.60. The van der Waals surface area contributed by atoms with Gasteiger partial charge in [0.2, 0.25) is 0 Å². The van der Waals surface area contributed by atoms with Crippen molar-refractivity contribution in [1.29, 1.82) is 5.26 Å². The number of nitriles is 1. The number of aromatic hydroxyl groups is 1. The first-order valence-electron chi connectivity index (χ1n) is 8.94. The third kappa shape index (κ3) is 2.25. The maximum atomic E-state index is 15.3. The van der Waals surface area contributed by atoms with E-state index in [2.05, 4.69) is 13.0 Å². The van der Waals surface area contributed by atoms with Gasteiger partial charge in [0.15, 0.2) is 0 Å². The smallest absolute Gasteiger partial charge is 0.115 e. The number of aliphatic hydroxyl groups is 1. The molecule has 0 amide bonds. The molecule has 0 aromatic heterocycles. The highest BCUT2D eigenvalue weighted by Gasteiger charge is 2.58. The highest BCUT2D eigenvalue weighted by Crippen LogP contribution is 2.63. The molecule has 4 rings (SSSR count). The maximum Gasteiger partial charge on any atom is 0.115 e. The molecule has 2 saturated carbocycles. The molecule has 3 nitrogen and oxygen atoms in total. The van der Waals surface area contributed by atoms with Crippen LogP contribution in [-0.4, -0.2) is 22.5 Å². The normalized spacial score (nSPS) is 43.4. The van der Waals surface area contributed by atoms with Crippen molar-refractivity contribution in [3.63, 3.8) is 0 Å². The van der Waals surface area contributed by atoms with E-state index in [9.17, 15) is 15.5 Å². The fourth-order valence-electron chi connectivity index (χ4n) is 6.13. The zero-order valence-electron chi connectivity index (χ0n) is 14.0. The summed E-state index contributed by atoms with van der Waals surface area (Å²) in [5.74, 6) is 0.464. The van der Waals surface area contributed by atoms with Crippen LogP contribution in [0.5, 0.6) is 5.75 Å². The topological polar surface area (TPSA) is 64.2 Å². The second-order valence-corrected chi connectivity index (χ2v) is 8.39. The number of phenols is 1. The third-order valence-electron chi connectivity index (χ3n) is 6.92. The minimum absolute atomic E-state index is 0.0995. The van der Waals surface area contributed by atoms with E-state index in [1.54, 1.807) is 12.1 Å². The second-order valence-electron chi connectivity index (χ2n) is 8.39. The summed E-state index contributed by atoms with van der Waals surface area (Å²) in [5.41, 5.74) is 1.83. The molecule has 2 fully saturated rings. The van der Waals surface area contributed by atoms with E-state index in [1.165, 1.54) is 0 Å². The lowest BCUT2D eigenvalue weighted by Gasteiger charge is -2.53. The zero-order chi connectivity index (χ0) is 17.1. The molecule has 1 aromatic rings. The van der Waals surface area contributed by atoms with Gasteiger partial charge in [0.05, 0.1) is 12.2 Å². The Morgan fingerprint density at radius 3 is 2.92 bits per heavy atom. The Balaban J connectivity index is 1.82. The number of rotatable bonds is 1. The highest BCUT2D eigenvalue weighted by molar-refractivity contribution is 5.41. The van der Waals surface area contributed by atoms with Gasteiger partial charge in [-0.2, -0.15) is 5.26 Å². The number of halogens is 1. The van der Waals surface area contributed by atoms with Crippen LogP contribution >= 0.6 is 0 Å². The fourth-order valence-corrected chi connectivity index (χ4v) is 6.13. The molecule has 4 heteroatoms. The molecule has 2 N–H and O–H groups in total. The maximum absolute atomic E-state index is 15.3. The van der Waals surface area contributed by atoms with Gasteiger partial charge < -0.3 is 10.2 Å². The van der Waals surface area contributed by atoms with Gasteiger partial charge in [0.1, 0.15) is 11.9 Å². The Labute approximate surface area is 142 Å². The van der Waals surface area contributed by atoms with Crippen LogP contribution in [0.1, 0.15) is 49.7 Å². The predicted molar refractivity (Wildman–Crippen MR) is 88.1 cm³/mol. The monoisotopic (exact) mass is 329 g/mol. The molecule has 0 saturated heterocycles. The third-order valence-corrected chi connectivity index (χ3v) is 6.92. The number of hydrogen-bond acceptors (Lipinski definition) is 3. The molecule has 3 aliphatic carbocycles. The Morgan fingerprint density at radius 2 is 2.17 bits per heavy atom. The van der Waals surface area contributed by atoms with Crippen LogP contribution in [0.25, 0.3) is 0 Å². The first-order valence-corrected chi connectivity index (χ1v) is 8.94. The molecule has 0 spiro atoms. The van der Waals surface area contributed by atoms with Gasteiger partial charge in [-0.05, 0) is 72.1 Å². The fraction of sp³-hybridized carbons (Fsp3) is 0.650. The molecular weight excluding hydrogens is 305 g/mol. The summed E-state index contributed by atoms with van der Waals surface area (Å²) < 4.78 is 15.3. The number of phenolic OH excluding ortho intramolecular Hbond substituents is 1. The van der Waals surface area contributed by atoms with Crippen LogP contribution in [0.4, 0.5) is 4.39 Å². The van der Waals surface area contributed by atoms with E-state index in [4.69, 9.17) is 0 Å². The largest absolute Gasteiger partial charge is 0.508 e. The van der Waals surface area contributed by atoms with Crippen molar-refractivity contribution < 1.29 is 14.6 Å². The van der Waals surface area contributed by atoms with E-state index in [0.29, 0.717) is 25.7 Å². The van der Waals surface area contributed by atoms with Crippen molar-refractivity contribution in [1.82, 2.24) is 0 Å². The zero-order valence-corrected chi connectivity index (χ0v) is 14.0. The van der Waals surface area contributed by atoms with Gasteiger partial charge in [-0.15, -0.1) is 0 Å². The average molecular weight is 329 g/mol. The minimum atomic E-state index is -0.952. The summed E-state index contributed by atoms with van der Waals surface area (Å²) in [7, 11) is 0. The van der Waals surface area contributed by atoms with Gasteiger partial charge in [0.25, 0.3) is 0 Å². The van der Waals surface area contributed by atoms with Crippen molar-refractivity contribution in [3.8, 4) is 11.8 Å². The molecular formula is C20H24FNO2. The minimum Gasteiger partial charge on any atom is -0.508 e. The summed E-state index contributed by atoms with van der Waals surface area (Å²) in [6.07, 6.45) is 1.69. The Morgan fingerprint density at radius 1 is 1.38 bits per heavy atom. The number of hydrogen-bond donors (Lipinski definition) is 2. The Kier molecular flexibility index (Phi) is 3.61. The lowest BCUT2D eigenvalue weighted by atomic mass is 9.52. The number of nitrogens with zero attached hydrogens (tertiary/aromatic N) is 1. The molecule has 0 bridgehead atoms. The van der Waals surface area contributed by atoms with Crippen molar-refractivity contribution in [2.75, 3.05) is 0 Å².